The molecule has 2 atom stereocenters. The second kappa shape index (κ2) is 6.79. The van der Waals surface area contributed by atoms with E-state index in [1.54, 1.807) is 0 Å². The summed E-state index contributed by atoms with van der Waals surface area (Å²) >= 11 is 3.95. The molecule has 1 fully saturated rings. The highest BCUT2D eigenvalue weighted by Gasteiger charge is 2.25. The molecule has 0 radical (unpaired) electrons. The summed E-state index contributed by atoms with van der Waals surface area (Å²) in [7, 11) is 2.22. The van der Waals surface area contributed by atoms with E-state index in [1.165, 1.54) is 48.9 Å². The van der Waals surface area contributed by atoms with Gasteiger partial charge in [-0.05, 0) is 30.5 Å². The average Bonchev–Trinajstić information content (AvgIpc) is 2.89. The fraction of sp³-hybridized carbons (Fsp3) is 0.733. The van der Waals surface area contributed by atoms with Crippen LogP contribution in [0.25, 0.3) is 0 Å². The van der Waals surface area contributed by atoms with Crippen LogP contribution in [0.4, 0.5) is 0 Å². The smallest absolute Gasteiger partial charge is 0.0649 e. The van der Waals surface area contributed by atoms with Gasteiger partial charge in [0.2, 0.25) is 0 Å². The Morgan fingerprint density at radius 2 is 2.10 bits per heavy atom. The number of thiophene rings is 1. The van der Waals surface area contributed by atoms with Crippen molar-refractivity contribution < 1.29 is 0 Å². The molecule has 1 unspecified atom stereocenters. The zero-order valence-electron chi connectivity index (χ0n) is 12.5. The number of likely N-dealkylation sites (N-methyl/N-ethyl adjacent to an activating group) is 1. The molecule has 3 heterocycles. The molecule has 3 nitrogen and oxygen atoms in total. The first-order valence-corrected chi connectivity index (χ1v) is 9.36. The van der Waals surface area contributed by atoms with Crippen molar-refractivity contribution in [2.45, 2.75) is 28.8 Å². The highest BCUT2D eigenvalue weighted by Crippen LogP contribution is 2.43. The van der Waals surface area contributed by atoms with Crippen molar-refractivity contribution in [2.75, 3.05) is 46.3 Å². The molecule has 20 heavy (non-hydrogen) atoms. The highest BCUT2D eigenvalue weighted by atomic mass is 32.2. The SMILES string of the molecule is C[C@H]1CC(NCCN2CCN(C)CC2)c2ccsc2S1. The first kappa shape index (κ1) is 14.9. The van der Waals surface area contributed by atoms with E-state index in [4.69, 9.17) is 0 Å². The van der Waals surface area contributed by atoms with Gasteiger partial charge in [-0.1, -0.05) is 6.92 Å². The summed E-state index contributed by atoms with van der Waals surface area (Å²) < 4.78 is 1.53. The summed E-state index contributed by atoms with van der Waals surface area (Å²) in [5, 5.41) is 6.77. The van der Waals surface area contributed by atoms with Crippen molar-refractivity contribution in [2.24, 2.45) is 0 Å². The minimum atomic E-state index is 0.569. The molecule has 0 aromatic carbocycles. The maximum absolute atomic E-state index is 3.79. The predicted octanol–water partition coefficient (Wildman–Crippen LogP) is 2.51. The summed E-state index contributed by atoms with van der Waals surface area (Å²) in [5.41, 5.74) is 1.54. The minimum absolute atomic E-state index is 0.569. The first-order chi connectivity index (χ1) is 9.72. The molecule has 1 aromatic heterocycles. The van der Waals surface area contributed by atoms with Crippen LogP contribution in [0.5, 0.6) is 0 Å². The number of thioether (sulfide) groups is 1. The van der Waals surface area contributed by atoms with Gasteiger partial charge < -0.3 is 10.2 Å². The third-order valence-electron chi connectivity index (χ3n) is 4.32. The predicted molar refractivity (Wildman–Crippen MR) is 88.9 cm³/mol. The van der Waals surface area contributed by atoms with Gasteiger partial charge in [0.25, 0.3) is 0 Å². The Morgan fingerprint density at radius 1 is 1.30 bits per heavy atom. The largest absolute Gasteiger partial charge is 0.309 e. The Bertz CT molecular complexity index is 427. The normalized spacial score (nSPS) is 28.5. The number of nitrogens with zero attached hydrogens (tertiary/aromatic N) is 2. The lowest BCUT2D eigenvalue weighted by Crippen LogP contribution is -2.46. The maximum Gasteiger partial charge on any atom is 0.0649 e. The van der Waals surface area contributed by atoms with Crippen LogP contribution in [-0.4, -0.2) is 61.4 Å². The van der Waals surface area contributed by atoms with E-state index < -0.39 is 0 Å². The number of fused-ring (bicyclic) bond motifs is 1. The highest BCUT2D eigenvalue weighted by molar-refractivity contribution is 8.01. The lowest BCUT2D eigenvalue weighted by atomic mass is 10.0. The molecule has 0 bridgehead atoms. The van der Waals surface area contributed by atoms with Crippen molar-refractivity contribution in [1.29, 1.82) is 0 Å². The van der Waals surface area contributed by atoms with Crippen LogP contribution in [-0.2, 0) is 0 Å². The molecular weight excluding hydrogens is 286 g/mol. The van der Waals surface area contributed by atoms with Crippen LogP contribution in [0.2, 0.25) is 0 Å². The van der Waals surface area contributed by atoms with Gasteiger partial charge in [0, 0.05) is 50.6 Å². The van der Waals surface area contributed by atoms with Gasteiger partial charge in [-0.3, -0.25) is 4.90 Å². The molecule has 0 amide bonds. The Morgan fingerprint density at radius 3 is 2.90 bits per heavy atom. The number of piperazine rings is 1. The third kappa shape index (κ3) is 3.57. The number of nitrogens with one attached hydrogen (secondary N) is 1. The third-order valence-corrected chi connectivity index (χ3v) is 6.67. The van der Waals surface area contributed by atoms with Crippen LogP contribution in [0.15, 0.2) is 15.7 Å². The molecule has 2 aliphatic rings. The summed E-state index contributed by atoms with van der Waals surface area (Å²) in [5.74, 6) is 0. The van der Waals surface area contributed by atoms with Gasteiger partial charge in [0.15, 0.2) is 0 Å². The monoisotopic (exact) mass is 311 g/mol. The standard InChI is InChI=1S/C15H25N3S2/c1-12-11-14(13-3-10-19-15(13)20-12)16-4-5-18-8-6-17(2)7-9-18/h3,10,12,14,16H,4-9,11H2,1-2H3/t12-,14?/m0/s1. The molecule has 1 N–H and O–H groups in total. The molecule has 5 heteroatoms. The van der Waals surface area contributed by atoms with Gasteiger partial charge in [-0.2, -0.15) is 0 Å². The van der Waals surface area contributed by atoms with Crippen LogP contribution < -0.4 is 5.32 Å². The first-order valence-electron chi connectivity index (χ1n) is 7.60. The molecule has 0 aliphatic carbocycles. The molecule has 0 spiro atoms. The van der Waals surface area contributed by atoms with Crippen LogP contribution in [0.1, 0.15) is 24.9 Å². The molecular formula is C15H25N3S2. The quantitative estimate of drug-likeness (QED) is 0.920. The summed E-state index contributed by atoms with van der Waals surface area (Å²) in [6, 6.07) is 2.88. The maximum atomic E-state index is 3.79. The van der Waals surface area contributed by atoms with E-state index in [2.05, 4.69) is 40.5 Å². The second-order valence-electron chi connectivity index (χ2n) is 5.98. The minimum Gasteiger partial charge on any atom is -0.309 e. The number of rotatable bonds is 4. The summed E-state index contributed by atoms with van der Waals surface area (Å²) in [4.78, 5) is 5.00. The zero-order chi connectivity index (χ0) is 13.9. The average molecular weight is 312 g/mol. The zero-order valence-corrected chi connectivity index (χ0v) is 14.1. The summed E-state index contributed by atoms with van der Waals surface area (Å²) in [6.07, 6.45) is 1.26. The Kier molecular flexibility index (Phi) is 5.04. The lowest BCUT2D eigenvalue weighted by Gasteiger charge is -2.33. The van der Waals surface area contributed by atoms with Crippen LogP contribution in [0, 0.1) is 0 Å². The van der Waals surface area contributed by atoms with Crippen molar-refractivity contribution in [3.8, 4) is 0 Å². The molecule has 0 saturated carbocycles. The van der Waals surface area contributed by atoms with E-state index >= 15 is 0 Å². The Balaban J connectivity index is 1.47. The molecule has 112 valence electrons. The van der Waals surface area contributed by atoms with E-state index in [1.807, 2.05) is 23.1 Å². The van der Waals surface area contributed by atoms with Gasteiger partial charge in [-0.25, -0.2) is 0 Å². The van der Waals surface area contributed by atoms with Gasteiger partial charge >= 0.3 is 0 Å². The van der Waals surface area contributed by atoms with Crippen molar-refractivity contribution in [3.05, 3.63) is 17.0 Å². The van der Waals surface area contributed by atoms with E-state index in [-0.39, 0.29) is 0 Å². The fourth-order valence-electron chi connectivity index (χ4n) is 3.01. The fourth-order valence-corrected chi connectivity index (χ4v) is 5.58. The van der Waals surface area contributed by atoms with Crippen molar-refractivity contribution in [1.82, 2.24) is 15.1 Å². The van der Waals surface area contributed by atoms with Crippen molar-refractivity contribution >= 4 is 23.1 Å². The van der Waals surface area contributed by atoms with Crippen LogP contribution in [0.3, 0.4) is 0 Å². The van der Waals surface area contributed by atoms with E-state index in [0.717, 1.165) is 11.8 Å². The topological polar surface area (TPSA) is 18.5 Å². The lowest BCUT2D eigenvalue weighted by molar-refractivity contribution is 0.153. The van der Waals surface area contributed by atoms with Crippen molar-refractivity contribution in [3.63, 3.8) is 0 Å². The van der Waals surface area contributed by atoms with Gasteiger partial charge in [-0.15, -0.1) is 23.1 Å². The molecule has 2 aliphatic heterocycles. The summed E-state index contributed by atoms with van der Waals surface area (Å²) in [6.45, 7) is 9.52. The second-order valence-corrected chi connectivity index (χ2v) is 8.60. The molecule has 3 rings (SSSR count). The Labute approximate surface area is 130 Å². The molecule has 1 aromatic rings. The van der Waals surface area contributed by atoms with Gasteiger partial charge in [0.05, 0.1) is 4.21 Å². The molecule has 1 saturated heterocycles. The number of hydrogen-bond donors (Lipinski definition) is 1. The number of hydrogen-bond acceptors (Lipinski definition) is 5. The van der Waals surface area contributed by atoms with E-state index in [9.17, 15) is 0 Å². The Hall–Kier alpha value is -0.0700. The van der Waals surface area contributed by atoms with Crippen LogP contribution >= 0.6 is 23.1 Å². The van der Waals surface area contributed by atoms with E-state index in [0.29, 0.717) is 6.04 Å². The van der Waals surface area contributed by atoms with Gasteiger partial charge in [0.1, 0.15) is 0 Å².